The van der Waals surface area contributed by atoms with Gasteiger partial charge in [-0.05, 0) is 68.7 Å². The molecule has 0 aromatic heterocycles. The maximum Gasteiger partial charge on any atom is 0.278 e. The summed E-state index contributed by atoms with van der Waals surface area (Å²) in [5.41, 5.74) is 2.26. The summed E-state index contributed by atoms with van der Waals surface area (Å²) < 4.78 is 0. The molecule has 0 bridgehead atoms. The number of likely N-dealkylation sites (tertiary alicyclic amines) is 1. The van der Waals surface area contributed by atoms with Crippen LogP contribution in [0, 0.1) is 0 Å². The smallest absolute Gasteiger partial charge is 0.278 e. The average Bonchev–Trinajstić information content (AvgIpc) is 3.11. The Morgan fingerprint density at radius 3 is 2.44 bits per heavy atom. The van der Waals surface area contributed by atoms with Gasteiger partial charge in [0.05, 0.1) is 11.3 Å². The van der Waals surface area contributed by atoms with Crippen molar-refractivity contribution in [1.82, 2.24) is 4.90 Å². The van der Waals surface area contributed by atoms with E-state index in [9.17, 15) is 14.4 Å². The molecule has 2 atom stereocenters. The van der Waals surface area contributed by atoms with Crippen LogP contribution in [0.3, 0.4) is 0 Å². The Morgan fingerprint density at radius 2 is 1.67 bits per heavy atom. The first-order chi connectivity index (χ1) is 17.4. The van der Waals surface area contributed by atoms with E-state index in [1.54, 1.807) is 42.3 Å². The maximum absolute atomic E-state index is 14.0. The van der Waals surface area contributed by atoms with Gasteiger partial charge in [-0.3, -0.25) is 19.3 Å². The molecule has 7 heteroatoms. The lowest BCUT2D eigenvalue weighted by molar-refractivity contribution is -0.121. The molecule has 0 aliphatic carbocycles. The van der Waals surface area contributed by atoms with E-state index < -0.39 is 5.66 Å². The number of carbonyl (C=O) groups excluding carboxylic acids is 3. The first-order valence-corrected chi connectivity index (χ1v) is 12.4. The first kappa shape index (κ1) is 22.3. The number of carbonyl (C=O) groups is 3. The minimum Gasteiger partial charge on any atom is -0.350 e. The molecule has 7 nitrogen and oxygen atoms in total. The van der Waals surface area contributed by atoms with Gasteiger partial charge < -0.3 is 15.1 Å². The lowest BCUT2D eigenvalue weighted by atomic mass is 9.92. The first-order valence-electron chi connectivity index (χ1n) is 12.4. The molecule has 0 unspecified atom stereocenters. The van der Waals surface area contributed by atoms with Crippen LogP contribution in [0.2, 0.25) is 0 Å². The van der Waals surface area contributed by atoms with Gasteiger partial charge in [0.25, 0.3) is 17.7 Å². The molecule has 0 radical (unpaired) electrons. The normalized spacial score (nSPS) is 22.9. The minimum atomic E-state index is -1.43. The molecule has 1 N–H and O–H groups in total. The van der Waals surface area contributed by atoms with Gasteiger partial charge in [-0.15, -0.1) is 0 Å². The second kappa shape index (κ2) is 8.22. The molecule has 3 aromatic rings. The third-order valence-corrected chi connectivity index (χ3v) is 7.72. The number of rotatable bonds is 2. The number of anilines is 3. The van der Waals surface area contributed by atoms with Crippen LogP contribution in [-0.4, -0.2) is 42.3 Å². The van der Waals surface area contributed by atoms with Crippen molar-refractivity contribution in [3.05, 3.63) is 89.5 Å². The zero-order valence-electron chi connectivity index (χ0n) is 20.4. The van der Waals surface area contributed by atoms with Crippen LogP contribution >= 0.6 is 0 Å². The number of likely N-dealkylation sites (N-methyl/N-ethyl adjacent to an activating group) is 1. The fraction of sp³-hybridized carbons (Fsp3) is 0.276. The topological polar surface area (TPSA) is 73.0 Å². The van der Waals surface area contributed by atoms with Gasteiger partial charge in [-0.25, -0.2) is 0 Å². The van der Waals surface area contributed by atoms with Crippen molar-refractivity contribution in [2.75, 3.05) is 28.7 Å². The number of benzene rings is 3. The Hall–Kier alpha value is -4.13. The van der Waals surface area contributed by atoms with Gasteiger partial charge >= 0.3 is 0 Å². The Balaban J connectivity index is 1.46. The maximum atomic E-state index is 14.0. The number of para-hydroxylation sites is 2. The molecule has 0 saturated carbocycles. The van der Waals surface area contributed by atoms with Crippen LogP contribution in [0.1, 0.15) is 52.5 Å². The largest absolute Gasteiger partial charge is 0.350 e. The van der Waals surface area contributed by atoms with Crippen LogP contribution in [0.15, 0.2) is 72.8 Å². The van der Waals surface area contributed by atoms with Gasteiger partial charge in [0.15, 0.2) is 0 Å². The molecule has 3 amide bonds. The van der Waals surface area contributed by atoms with E-state index in [-0.39, 0.29) is 23.8 Å². The third kappa shape index (κ3) is 3.08. The molecule has 3 aliphatic rings. The summed E-state index contributed by atoms with van der Waals surface area (Å²) in [4.78, 5) is 46.2. The number of hydrogen-bond acceptors (Lipinski definition) is 4. The second-order valence-electron chi connectivity index (χ2n) is 9.79. The van der Waals surface area contributed by atoms with Gasteiger partial charge in [-0.1, -0.05) is 30.3 Å². The standard InChI is InChI=1S/C29H28N4O3/c1-19-9-7-8-18-32(19)26(34)20-14-16-21(17-15-20)33-27(35)22-10-3-5-12-24(22)30-29(33)23-11-4-6-13-25(23)31(2)28(29)36/h3-6,10-17,19,30H,7-9,18H2,1-2H3/t19-,29-/m1/s1. The summed E-state index contributed by atoms with van der Waals surface area (Å²) in [5, 5.41) is 3.42. The number of amides is 3. The van der Waals surface area contributed by atoms with Crippen molar-refractivity contribution in [1.29, 1.82) is 0 Å². The summed E-state index contributed by atoms with van der Waals surface area (Å²) in [6, 6.07) is 22.0. The van der Waals surface area contributed by atoms with Crippen LogP contribution in [0.4, 0.5) is 17.1 Å². The molecule has 3 aliphatic heterocycles. The molecule has 182 valence electrons. The Bertz CT molecular complexity index is 1390. The number of hydrogen-bond donors (Lipinski definition) is 1. The predicted octanol–water partition coefficient (Wildman–Crippen LogP) is 4.60. The zero-order chi connectivity index (χ0) is 25.0. The van der Waals surface area contributed by atoms with Crippen molar-refractivity contribution in [3.63, 3.8) is 0 Å². The molecular formula is C29H28N4O3. The van der Waals surface area contributed by atoms with Crippen LogP contribution in [0.5, 0.6) is 0 Å². The number of piperidine rings is 1. The fourth-order valence-corrected chi connectivity index (χ4v) is 5.81. The highest BCUT2D eigenvalue weighted by molar-refractivity contribution is 6.22. The van der Waals surface area contributed by atoms with E-state index in [0.29, 0.717) is 28.1 Å². The number of nitrogens with one attached hydrogen (secondary N) is 1. The molecule has 36 heavy (non-hydrogen) atoms. The Kier molecular flexibility index (Phi) is 5.10. The minimum absolute atomic E-state index is 0.000994. The molecule has 3 aromatic carbocycles. The second-order valence-corrected chi connectivity index (χ2v) is 9.79. The monoisotopic (exact) mass is 480 g/mol. The van der Waals surface area contributed by atoms with E-state index in [4.69, 9.17) is 0 Å². The number of fused-ring (bicyclic) bond motifs is 3. The van der Waals surface area contributed by atoms with Crippen LogP contribution in [0.25, 0.3) is 0 Å². The lowest BCUT2D eigenvalue weighted by Crippen LogP contribution is -2.62. The molecule has 6 rings (SSSR count). The van der Waals surface area contributed by atoms with Gasteiger partial charge in [0, 0.05) is 42.1 Å². The van der Waals surface area contributed by atoms with Crippen LogP contribution in [-0.2, 0) is 10.5 Å². The van der Waals surface area contributed by atoms with Crippen molar-refractivity contribution in [2.45, 2.75) is 37.9 Å². The predicted molar refractivity (Wildman–Crippen MR) is 139 cm³/mol. The highest BCUT2D eigenvalue weighted by Crippen LogP contribution is 2.49. The van der Waals surface area contributed by atoms with Crippen molar-refractivity contribution in [3.8, 4) is 0 Å². The fourth-order valence-electron chi connectivity index (χ4n) is 5.81. The molecular weight excluding hydrogens is 452 g/mol. The van der Waals surface area contributed by atoms with E-state index in [1.165, 1.54) is 4.90 Å². The lowest BCUT2D eigenvalue weighted by Gasteiger charge is -2.45. The number of nitrogens with zero attached hydrogens (tertiary/aromatic N) is 3. The van der Waals surface area contributed by atoms with E-state index in [2.05, 4.69) is 12.2 Å². The summed E-state index contributed by atoms with van der Waals surface area (Å²) in [6.07, 6.45) is 3.16. The molecule has 1 saturated heterocycles. The average molecular weight is 481 g/mol. The van der Waals surface area contributed by atoms with Gasteiger partial charge in [0.1, 0.15) is 0 Å². The summed E-state index contributed by atoms with van der Waals surface area (Å²) in [6.45, 7) is 2.85. The summed E-state index contributed by atoms with van der Waals surface area (Å²) >= 11 is 0. The molecule has 1 fully saturated rings. The summed E-state index contributed by atoms with van der Waals surface area (Å²) in [7, 11) is 1.72. The highest BCUT2D eigenvalue weighted by atomic mass is 16.2. The van der Waals surface area contributed by atoms with Crippen molar-refractivity contribution < 1.29 is 14.4 Å². The highest BCUT2D eigenvalue weighted by Gasteiger charge is 2.58. The third-order valence-electron chi connectivity index (χ3n) is 7.72. The molecule has 1 spiro atoms. The molecule has 3 heterocycles. The van der Waals surface area contributed by atoms with E-state index >= 15 is 0 Å². The van der Waals surface area contributed by atoms with Gasteiger partial charge in [-0.2, -0.15) is 0 Å². The quantitative estimate of drug-likeness (QED) is 0.582. The zero-order valence-corrected chi connectivity index (χ0v) is 20.4. The summed E-state index contributed by atoms with van der Waals surface area (Å²) in [5.74, 6) is -0.515. The van der Waals surface area contributed by atoms with E-state index in [0.717, 1.165) is 31.5 Å². The van der Waals surface area contributed by atoms with Gasteiger partial charge in [0.2, 0.25) is 5.66 Å². The van der Waals surface area contributed by atoms with Crippen molar-refractivity contribution >= 4 is 34.8 Å². The van der Waals surface area contributed by atoms with E-state index in [1.807, 2.05) is 47.4 Å². The van der Waals surface area contributed by atoms with Crippen LogP contribution < -0.4 is 15.1 Å². The Labute approximate surface area is 210 Å². The SMILES string of the molecule is C[C@@H]1CCCCN1C(=O)c1ccc(N2C(=O)c3ccccc3N[C@@]23C(=O)N(C)c2ccccc23)cc1. The van der Waals surface area contributed by atoms with Crippen molar-refractivity contribution in [2.24, 2.45) is 0 Å². The Morgan fingerprint density at radius 1 is 0.944 bits per heavy atom.